The first-order valence-electron chi connectivity index (χ1n) is 8.57. The van der Waals surface area contributed by atoms with E-state index in [1.165, 1.54) is 4.90 Å². The van der Waals surface area contributed by atoms with Crippen LogP contribution in [0, 0.1) is 0 Å². The van der Waals surface area contributed by atoms with E-state index in [4.69, 9.17) is 5.73 Å². The van der Waals surface area contributed by atoms with Gasteiger partial charge in [0.25, 0.3) is 5.91 Å². The Labute approximate surface area is 151 Å². The second-order valence-corrected chi connectivity index (χ2v) is 6.49. The maximum Gasteiger partial charge on any atom is 0.271 e. The van der Waals surface area contributed by atoms with Crippen LogP contribution >= 0.6 is 0 Å². The van der Waals surface area contributed by atoms with Crippen molar-refractivity contribution in [3.8, 4) is 0 Å². The molecule has 130 valence electrons. The number of amides is 1. The lowest BCUT2D eigenvalue weighted by Crippen LogP contribution is -2.44. The summed E-state index contributed by atoms with van der Waals surface area (Å²) < 4.78 is 16.2. The summed E-state index contributed by atoms with van der Waals surface area (Å²) in [6.45, 7) is 0.309. The highest BCUT2D eigenvalue weighted by atomic mass is 19.1. The van der Waals surface area contributed by atoms with Gasteiger partial charge in [0.05, 0.1) is 18.3 Å². The Hall–Kier alpha value is -2.98. The van der Waals surface area contributed by atoms with Crippen molar-refractivity contribution in [1.29, 1.82) is 0 Å². The molecule has 0 aromatic heterocycles. The molecule has 3 aromatic carbocycles. The van der Waals surface area contributed by atoms with E-state index in [-0.39, 0.29) is 0 Å². The Kier molecular flexibility index (Phi) is 4.05. The van der Waals surface area contributed by atoms with Crippen LogP contribution in [0.25, 0.3) is 0 Å². The number of rotatable bonds is 4. The van der Waals surface area contributed by atoms with Gasteiger partial charge in [0.2, 0.25) is 5.67 Å². The number of hydrogen-bond acceptors (Lipinski definition) is 2. The monoisotopic (exact) mass is 346 g/mol. The maximum atomic E-state index is 16.2. The van der Waals surface area contributed by atoms with Crippen molar-refractivity contribution >= 4 is 11.6 Å². The molecule has 1 heterocycles. The quantitative estimate of drug-likeness (QED) is 0.773. The van der Waals surface area contributed by atoms with Gasteiger partial charge >= 0.3 is 0 Å². The van der Waals surface area contributed by atoms with E-state index in [1.54, 1.807) is 42.5 Å². The second-order valence-electron chi connectivity index (χ2n) is 6.49. The molecule has 1 amide bonds. The van der Waals surface area contributed by atoms with Gasteiger partial charge in [-0.3, -0.25) is 4.79 Å². The number of nitrogens with zero attached hydrogens (tertiary/aromatic N) is 1. The first-order valence-corrected chi connectivity index (χ1v) is 8.57. The number of alkyl halides is 1. The molecule has 4 heteroatoms. The lowest BCUT2D eigenvalue weighted by Gasteiger charge is -2.27. The van der Waals surface area contributed by atoms with Crippen molar-refractivity contribution in [3.63, 3.8) is 0 Å². The van der Waals surface area contributed by atoms with Gasteiger partial charge < -0.3 is 10.6 Å². The van der Waals surface area contributed by atoms with Crippen LogP contribution in [0.4, 0.5) is 10.1 Å². The molecule has 3 aromatic rings. The van der Waals surface area contributed by atoms with Gasteiger partial charge in [0, 0.05) is 5.56 Å². The van der Waals surface area contributed by atoms with Crippen molar-refractivity contribution in [2.45, 2.75) is 18.3 Å². The zero-order valence-corrected chi connectivity index (χ0v) is 14.2. The van der Waals surface area contributed by atoms with Gasteiger partial charge in [-0.05, 0) is 17.2 Å². The topological polar surface area (TPSA) is 46.3 Å². The third kappa shape index (κ3) is 2.50. The third-order valence-electron chi connectivity index (χ3n) is 4.91. The van der Waals surface area contributed by atoms with Gasteiger partial charge in [0.1, 0.15) is 0 Å². The summed E-state index contributed by atoms with van der Waals surface area (Å²) in [6.07, 6.45) is 0. The number of carbonyl (C=O) groups excluding carboxylic acids is 1. The highest BCUT2D eigenvalue weighted by Gasteiger charge is 2.56. The second kappa shape index (κ2) is 6.39. The molecule has 2 N–H and O–H groups in total. The van der Waals surface area contributed by atoms with Gasteiger partial charge in [0.15, 0.2) is 0 Å². The summed E-state index contributed by atoms with van der Waals surface area (Å²) in [7, 11) is 0. The minimum atomic E-state index is -2.28. The Morgan fingerprint density at radius 3 is 2.15 bits per heavy atom. The molecular weight excluding hydrogens is 327 g/mol. The van der Waals surface area contributed by atoms with Gasteiger partial charge in [-0.25, -0.2) is 4.39 Å². The summed E-state index contributed by atoms with van der Waals surface area (Å²) >= 11 is 0. The third-order valence-corrected chi connectivity index (χ3v) is 4.91. The molecule has 2 atom stereocenters. The molecule has 1 aliphatic heterocycles. The van der Waals surface area contributed by atoms with E-state index in [9.17, 15) is 4.79 Å². The predicted octanol–water partition coefficient (Wildman–Crippen LogP) is 4.10. The van der Waals surface area contributed by atoms with Crippen molar-refractivity contribution in [2.24, 2.45) is 5.73 Å². The average molecular weight is 346 g/mol. The van der Waals surface area contributed by atoms with E-state index < -0.39 is 17.6 Å². The lowest BCUT2D eigenvalue weighted by molar-refractivity contribution is -0.131. The van der Waals surface area contributed by atoms with E-state index in [1.807, 2.05) is 42.5 Å². The van der Waals surface area contributed by atoms with Gasteiger partial charge in [-0.15, -0.1) is 0 Å². The van der Waals surface area contributed by atoms with Crippen molar-refractivity contribution in [2.75, 3.05) is 4.90 Å². The average Bonchev–Trinajstić information content (AvgIpc) is 2.92. The Balaban J connectivity index is 1.78. The molecule has 0 fully saturated rings. The molecule has 0 aliphatic carbocycles. The van der Waals surface area contributed by atoms with Crippen LogP contribution in [-0.4, -0.2) is 5.91 Å². The summed E-state index contributed by atoms with van der Waals surface area (Å²) in [6, 6.07) is 24.4. The number of fused-ring (bicyclic) bond motifs is 1. The normalized spacial score (nSPS) is 20.1. The minimum Gasteiger partial charge on any atom is -0.321 e. The van der Waals surface area contributed by atoms with Crippen LogP contribution in [0.1, 0.15) is 22.7 Å². The number of halogens is 1. The molecule has 0 bridgehead atoms. The SMILES string of the molecule is N[C@@H](c1ccccc1)[C@]1(F)C(=O)N(Cc2ccccc2)c2ccccc21. The first-order chi connectivity index (χ1) is 12.6. The fourth-order valence-electron chi connectivity index (χ4n) is 3.55. The summed E-state index contributed by atoms with van der Waals surface area (Å²) in [5.74, 6) is -0.612. The van der Waals surface area contributed by atoms with E-state index in [0.29, 0.717) is 23.4 Å². The number of hydrogen-bond donors (Lipinski definition) is 1. The van der Waals surface area contributed by atoms with Crippen LogP contribution in [0.15, 0.2) is 84.9 Å². The molecule has 1 aliphatic rings. The zero-order valence-electron chi connectivity index (χ0n) is 14.2. The molecule has 3 nitrogen and oxygen atoms in total. The van der Waals surface area contributed by atoms with E-state index in [2.05, 4.69) is 0 Å². The van der Waals surface area contributed by atoms with Crippen molar-refractivity contribution < 1.29 is 9.18 Å². The Bertz CT molecular complexity index is 929. The smallest absolute Gasteiger partial charge is 0.271 e. The molecule has 4 rings (SSSR count). The molecule has 0 spiro atoms. The molecule has 26 heavy (non-hydrogen) atoms. The number of benzene rings is 3. The summed E-state index contributed by atoms with van der Waals surface area (Å²) in [4.78, 5) is 14.7. The number of nitrogens with two attached hydrogens (primary N) is 1. The van der Waals surface area contributed by atoms with Gasteiger partial charge in [-0.2, -0.15) is 0 Å². The Morgan fingerprint density at radius 1 is 0.885 bits per heavy atom. The van der Waals surface area contributed by atoms with Crippen LogP contribution in [0.2, 0.25) is 0 Å². The molecule has 0 unspecified atom stereocenters. The molecule has 0 saturated carbocycles. The molecule has 0 radical (unpaired) electrons. The van der Waals surface area contributed by atoms with E-state index >= 15 is 4.39 Å². The Morgan fingerprint density at radius 2 is 1.46 bits per heavy atom. The van der Waals surface area contributed by atoms with Crippen molar-refractivity contribution in [1.82, 2.24) is 0 Å². The first kappa shape index (κ1) is 16.5. The standard InChI is InChI=1S/C22H19FN2O/c23-22(20(24)17-11-5-2-6-12-17)18-13-7-8-14-19(18)25(21(22)26)15-16-9-3-1-4-10-16/h1-14,20H,15,24H2/t20-,22-/m0/s1. The van der Waals surface area contributed by atoms with Crippen LogP contribution in [0.5, 0.6) is 0 Å². The fraction of sp³-hybridized carbons (Fsp3) is 0.136. The predicted molar refractivity (Wildman–Crippen MR) is 100 cm³/mol. The fourth-order valence-corrected chi connectivity index (χ4v) is 3.55. The summed E-state index contributed by atoms with van der Waals surface area (Å²) in [5.41, 5.74) is 6.43. The van der Waals surface area contributed by atoms with Crippen LogP contribution in [-0.2, 0) is 17.0 Å². The molecular formula is C22H19FN2O. The minimum absolute atomic E-state index is 0.309. The van der Waals surface area contributed by atoms with E-state index in [0.717, 1.165) is 5.56 Å². The number of para-hydroxylation sites is 1. The highest BCUT2D eigenvalue weighted by Crippen LogP contribution is 2.49. The lowest BCUT2D eigenvalue weighted by atomic mass is 9.85. The van der Waals surface area contributed by atoms with Crippen molar-refractivity contribution in [3.05, 3.63) is 102 Å². The van der Waals surface area contributed by atoms with Crippen LogP contribution < -0.4 is 10.6 Å². The van der Waals surface area contributed by atoms with Gasteiger partial charge in [-0.1, -0.05) is 78.9 Å². The van der Waals surface area contributed by atoms with Crippen LogP contribution in [0.3, 0.4) is 0 Å². The highest BCUT2D eigenvalue weighted by molar-refractivity contribution is 6.07. The number of carbonyl (C=O) groups is 1. The largest absolute Gasteiger partial charge is 0.321 e. The summed E-state index contributed by atoms with van der Waals surface area (Å²) in [5, 5.41) is 0. The maximum absolute atomic E-state index is 16.2. The molecule has 0 saturated heterocycles. The zero-order chi connectivity index (χ0) is 18.1. The number of anilines is 1.